The van der Waals surface area contributed by atoms with Gasteiger partial charge in [0.05, 0.1) is 6.42 Å². The normalized spacial score (nSPS) is 11.3. The predicted octanol–water partition coefficient (Wildman–Crippen LogP) is 4.11. The van der Waals surface area contributed by atoms with Gasteiger partial charge in [-0.15, -0.1) is 0 Å². The lowest BCUT2D eigenvalue weighted by molar-refractivity contribution is -0.115. The summed E-state index contributed by atoms with van der Waals surface area (Å²) in [5.41, 5.74) is 3.94. The van der Waals surface area contributed by atoms with Crippen LogP contribution in [0.2, 0.25) is 0 Å². The average Bonchev–Trinajstić information content (AvgIpc) is 2.67. The molecule has 0 radical (unpaired) electrons. The molecule has 0 aromatic heterocycles. The molecule has 0 saturated heterocycles. The molecule has 0 aliphatic heterocycles. The Balaban J connectivity index is 1.61. The number of hydrogen-bond donors (Lipinski definition) is 2. The van der Waals surface area contributed by atoms with Crippen molar-refractivity contribution in [3.8, 4) is 0 Å². The third kappa shape index (κ3) is 4.76. The van der Waals surface area contributed by atoms with Gasteiger partial charge < -0.3 is 5.32 Å². The van der Waals surface area contributed by atoms with Crippen LogP contribution in [0.1, 0.15) is 23.7 Å². The zero-order chi connectivity index (χ0) is 19.2. The maximum Gasteiger partial charge on any atom is 0.271 e. The molecule has 0 saturated carbocycles. The van der Waals surface area contributed by atoms with E-state index < -0.39 is 0 Å². The van der Waals surface area contributed by atoms with Crippen LogP contribution >= 0.6 is 0 Å². The van der Waals surface area contributed by atoms with Gasteiger partial charge in [0.25, 0.3) is 5.91 Å². The van der Waals surface area contributed by atoms with Crippen LogP contribution in [0.5, 0.6) is 0 Å². The van der Waals surface area contributed by atoms with Gasteiger partial charge in [0.15, 0.2) is 0 Å². The molecule has 0 aliphatic rings. The first kappa shape index (κ1) is 18.3. The molecule has 0 bridgehead atoms. The highest BCUT2D eigenvalue weighted by molar-refractivity contribution is 6.08. The quantitative estimate of drug-likeness (QED) is 0.529. The number of nitrogens with zero attached hydrogens (tertiary/aromatic N) is 1. The van der Waals surface area contributed by atoms with Gasteiger partial charge in [-0.25, -0.2) is 9.82 Å². The molecular formula is C21H18FN3O2. The summed E-state index contributed by atoms with van der Waals surface area (Å²) < 4.78 is 12.9. The van der Waals surface area contributed by atoms with Gasteiger partial charge in [-0.2, -0.15) is 5.10 Å². The maximum atomic E-state index is 12.9. The zero-order valence-electron chi connectivity index (χ0n) is 14.7. The Morgan fingerprint density at radius 2 is 1.67 bits per heavy atom. The zero-order valence-corrected chi connectivity index (χ0v) is 14.7. The third-order valence-electron chi connectivity index (χ3n) is 3.93. The number of amides is 2. The SMILES string of the molecule is CC(CC(=O)Nc1ccc(F)cc1)=NNC(=O)c1cccc2ccccc12. The number of nitrogens with one attached hydrogen (secondary N) is 2. The molecule has 2 amide bonds. The highest BCUT2D eigenvalue weighted by Crippen LogP contribution is 2.18. The summed E-state index contributed by atoms with van der Waals surface area (Å²) in [5, 5.41) is 8.44. The molecule has 0 spiro atoms. The number of carbonyl (C=O) groups is 2. The summed E-state index contributed by atoms with van der Waals surface area (Å²) >= 11 is 0. The van der Waals surface area contributed by atoms with Crippen LogP contribution in [0, 0.1) is 5.82 Å². The average molecular weight is 363 g/mol. The standard InChI is InChI=1S/C21H18FN3O2/c1-14(13-20(26)23-17-11-9-16(22)10-12-17)24-25-21(27)19-8-4-6-15-5-2-3-7-18(15)19/h2-12H,13H2,1H3,(H,23,26)(H,25,27). The van der Waals surface area contributed by atoms with Gasteiger partial charge in [0.2, 0.25) is 5.91 Å². The first-order chi connectivity index (χ1) is 13.0. The summed E-state index contributed by atoms with van der Waals surface area (Å²) in [5.74, 6) is -1.02. The Morgan fingerprint density at radius 1 is 0.963 bits per heavy atom. The number of hydrogen-bond acceptors (Lipinski definition) is 3. The van der Waals surface area contributed by atoms with E-state index in [1.54, 1.807) is 13.0 Å². The predicted molar refractivity (Wildman–Crippen MR) is 104 cm³/mol. The molecule has 0 aliphatic carbocycles. The monoisotopic (exact) mass is 363 g/mol. The van der Waals surface area contributed by atoms with E-state index >= 15 is 0 Å². The fourth-order valence-electron chi connectivity index (χ4n) is 2.64. The van der Waals surface area contributed by atoms with E-state index in [0.29, 0.717) is 17.0 Å². The first-order valence-corrected chi connectivity index (χ1v) is 8.39. The van der Waals surface area contributed by atoms with Crippen LogP contribution in [0.15, 0.2) is 71.8 Å². The number of rotatable bonds is 5. The molecule has 5 nitrogen and oxygen atoms in total. The van der Waals surface area contributed by atoms with Crippen molar-refractivity contribution < 1.29 is 14.0 Å². The molecular weight excluding hydrogens is 345 g/mol. The molecule has 136 valence electrons. The fraction of sp³-hybridized carbons (Fsp3) is 0.0952. The molecule has 6 heteroatoms. The van der Waals surface area contributed by atoms with E-state index in [2.05, 4.69) is 15.8 Å². The fourth-order valence-corrected chi connectivity index (χ4v) is 2.64. The summed E-state index contributed by atoms with van der Waals surface area (Å²) in [6.07, 6.45) is 0.00714. The van der Waals surface area contributed by atoms with Crippen molar-refractivity contribution in [1.82, 2.24) is 5.43 Å². The molecule has 3 aromatic rings. The van der Waals surface area contributed by atoms with Crippen molar-refractivity contribution >= 4 is 34.0 Å². The lowest BCUT2D eigenvalue weighted by Crippen LogP contribution is -2.21. The minimum absolute atomic E-state index is 0.00714. The third-order valence-corrected chi connectivity index (χ3v) is 3.93. The Labute approximate surface area is 155 Å². The van der Waals surface area contributed by atoms with Crippen molar-refractivity contribution in [2.75, 3.05) is 5.32 Å². The van der Waals surface area contributed by atoms with Crippen LogP contribution in [0.25, 0.3) is 10.8 Å². The lowest BCUT2D eigenvalue weighted by Gasteiger charge is -2.07. The van der Waals surface area contributed by atoms with Gasteiger partial charge in [-0.05, 0) is 48.0 Å². The van der Waals surface area contributed by atoms with Crippen molar-refractivity contribution in [2.24, 2.45) is 5.10 Å². The van der Waals surface area contributed by atoms with Crippen LogP contribution < -0.4 is 10.7 Å². The van der Waals surface area contributed by atoms with E-state index in [0.717, 1.165) is 10.8 Å². The number of halogens is 1. The van der Waals surface area contributed by atoms with Gasteiger partial charge >= 0.3 is 0 Å². The highest BCUT2D eigenvalue weighted by Gasteiger charge is 2.10. The molecule has 0 unspecified atom stereocenters. The van der Waals surface area contributed by atoms with Crippen LogP contribution in [-0.4, -0.2) is 17.5 Å². The molecule has 3 rings (SSSR count). The highest BCUT2D eigenvalue weighted by atomic mass is 19.1. The Hall–Kier alpha value is -3.54. The number of fused-ring (bicyclic) bond motifs is 1. The van der Waals surface area contributed by atoms with E-state index in [1.807, 2.05) is 36.4 Å². The smallest absolute Gasteiger partial charge is 0.271 e. The minimum atomic E-state index is -0.373. The number of benzene rings is 3. The van der Waals surface area contributed by atoms with Gasteiger partial charge in [-0.1, -0.05) is 36.4 Å². The van der Waals surface area contributed by atoms with E-state index in [1.165, 1.54) is 24.3 Å². The maximum absolute atomic E-state index is 12.9. The van der Waals surface area contributed by atoms with Gasteiger partial charge in [-0.3, -0.25) is 9.59 Å². The van der Waals surface area contributed by atoms with Crippen LogP contribution in [0.3, 0.4) is 0 Å². The minimum Gasteiger partial charge on any atom is -0.326 e. The summed E-state index contributed by atoms with van der Waals surface area (Å²) in [6, 6.07) is 18.5. The van der Waals surface area contributed by atoms with Crippen LogP contribution in [-0.2, 0) is 4.79 Å². The van der Waals surface area contributed by atoms with Gasteiger partial charge in [0, 0.05) is 17.0 Å². The Morgan fingerprint density at radius 3 is 2.44 bits per heavy atom. The second-order valence-corrected chi connectivity index (χ2v) is 6.05. The van der Waals surface area contributed by atoms with E-state index in [4.69, 9.17) is 0 Å². The van der Waals surface area contributed by atoms with E-state index in [-0.39, 0.29) is 24.1 Å². The molecule has 0 atom stereocenters. The van der Waals surface area contributed by atoms with Gasteiger partial charge in [0.1, 0.15) is 5.82 Å². The largest absolute Gasteiger partial charge is 0.326 e. The molecule has 0 heterocycles. The first-order valence-electron chi connectivity index (χ1n) is 8.39. The van der Waals surface area contributed by atoms with Crippen molar-refractivity contribution in [2.45, 2.75) is 13.3 Å². The van der Waals surface area contributed by atoms with Crippen molar-refractivity contribution in [3.05, 3.63) is 78.1 Å². The second kappa shape index (κ2) is 8.23. The summed E-state index contributed by atoms with van der Waals surface area (Å²) in [4.78, 5) is 24.4. The van der Waals surface area contributed by atoms with Crippen LogP contribution in [0.4, 0.5) is 10.1 Å². The summed E-state index contributed by atoms with van der Waals surface area (Å²) in [6.45, 7) is 1.65. The Kier molecular flexibility index (Phi) is 5.56. The Bertz CT molecular complexity index is 1010. The van der Waals surface area contributed by atoms with Crippen molar-refractivity contribution in [1.29, 1.82) is 0 Å². The summed E-state index contributed by atoms with van der Waals surface area (Å²) in [7, 11) is 0. The number of hydrazone groups is 1. The van der Waals surface area contributed by atoms with E-state index in [9.17, 15) is 14.0 Å². The molecule has 0 fully saturated rings. The molecule has 3 aromatic carbocycles. The number of carbonyl (C=O) groups excluding carboxylic acids is 2. The number of anilines is 1. The van der Waals surface area contributed by atoms with Crippen molar-refractivity contribution in [3.63, 3.8) is 0 Å². The molecule has 2 N–H and O–H groups in total. The second-order valence-electron chi connectivity index (χ2n) is 6.05. The molecule has 27 heavy (non-hydrogen) atoms. The lowest BCUT2D eigenvalue weighted by atomic mass is 10.0. The topological polar surface area (TPSA) is 70.6 Å².